The predicted molar refractivity (Wildman–Crippen MR) is 131 cm³/mol. The molecule has 0 amide bonds. The summed E-state index contributed by atoms with van der Waals surface area (Å²) in [5.74, 6) is -3.87. The van der Waals surface area contributed by atoms with E-state index in [0.717, 1.165) is 33.9 Å². The molecule has 16 nitrogen and oxygen atoms in total. The van der Waals surface area contributed by atoms with Crippen molar-refractivity contribution < 1.29 is 52.8 Å². The summed E-state index contributed by atoms with van der Waals surface area (Å²) in [6.45, 7) is 3.37. The zero-order valence-electron chi connectivity index (χ0n) is 21.2. The molecule has 2 aromatic rings. The van der Waals surface area contributed by atoms with E-state index >= 15 is 0 Å². The highest BCUT2D eigenvalue weighted by Crippen LogP contribution is 2.20. The van der Waals surface area contributed by atoms with Crippen molar-refractivity contribution in [3.8, 4) is 0 Å². The van der Waals surface area contributed by atoms with Gasteiger partial charge in [0.05, 0.1) is 17.2 Å². The molecule has 0 bridgehead atoms. The van der Waals surface area contributed by atoms with Crippen LogP contribution in [0.2, 0.25) is 0 Å². The van der Waals surface area contributed by atoms with Crippen LogP contribution < -0.4 is 11.0 Å². The minimum atomic E-state index is -1.85. The third-order valence-electron chi connectivity index (χ3n) is 4.61. The Hall–Kier alpha value is -5.02. The van der Waals surface area contributed by atoms with E-state index in [9.17, 15) is 33.9 Å². The molecule has 2 rings (SSSR count). The van der Waals surface area contributed by atoms with Crippen LogP contribution in [0.5, 0.6) is 0 Å². The molecule has 0 spiro atoms. The quantitative estimate of drug-likeness (QED) is 0.144. The van der Waals surface area contributed by atoms with Crippen LogP contribution in [0, 0.1) is 0 Å². The number of H-pyrrole nitrogens is 1. The second kappa shape index (κ2) is 14.1. The molecule has 1 heterocycles. The second-order valence-corrected chi connectivity index (χ2v) is 7.77. The maximum atomic E-state index is 12.3. The summed E-state index contributed by atoms with van der Waals surface area (Å²) in [4.78, 5) is 77.4. The number of hydrogen-bond acceptors (Lipinski definition) is 14. The number of carbonyl (C=O) groups is 5. The van der Waals surface area contributed by atoms with E-state index in [1.165, 1.54) is 0 Å². The number of anilines is 1. The first kappa shape index (κ1) is 30.2. The molecule has 0 fully saturated rings. The van der Waals surface area contributed by atoms with Gasteiger partial charge in [0.1, 0.15) is 6.61 Å². The summed E-state index contributed by atoms with van der Waals surface area (Å²) in [7, 11) is 0. The van der Waals surface area contributed by atoms with Crippen LogP contribution in [0.1, 0.15) is 27.7 Å². The van der Waals surface area contributed by atoms with Gasteiger partial charge in [-0.3, -0.25) is 29.4 Å². The third kappa shape index (κ3) is 9.75. The Morgan fingerprint density at radius 1 is 0.949 bits per heavy atom. The van der Waals surface area contributed by atoms with Crippen LogP contribution in [0.3, 0.4) is 0 Å². The van der Waals surface area contributed by atoms with Gasteiger partial charge in [-0.15, -0.1) is 0 Å². The number of para-hydroxylation sites is 2. The fourth-order valence-electron chi connectivity index (χ4n) is 3.24. The summed E-state index contributed by atoms with van der Waals surface area (Å²) < 4.78 is 25.2. The lowest BCUT2D eigenvalue weighted by molar-refractivity contribution is -0.195. The molecule has 210 valence electrons. The molecule has 0 saturated carbocycles. The Labute approximate surface area is 220 Å². The van der Waals surface area contributed by atoms with Crippen molar-refractivity contribution in [2.75, 3.05) is 12.0 Å². The predicted octanol–water partition coefficient (Wildman–Crippen LogP) is 0.742. The topological polar surface area (TPSA) is 222 Å². The van der Waals surface area contributed by atoms with Gasteiger partial charge >= 0.3 is 30.0 Å². The Morgan fingerprint density at radius 2 is 1.56 bits per heavy atom. The van der Waals surface area contributed by atoms with Crippen LogP contribution in [-0.2, 0) is 42.9 Å². The minimum Gasteiger partial charge on any atom is -0.462 e. The highest BCUT2D eigenvalue weighted by atomic mass is 16.7. The number of hydrazone groups is 1. The highest BCUT2D eigenvalue weighted by Gasteiger charge is 2.43. The Bertz CT molecular complexity index is 1310. The molecule has 0 saturated heterocycles. The maximum Gasteiger partial charge on any atom is 0.506 e. The zero-order valence-corrected chi connectivity index (χ0v) is 21.2. The average molecular weight is 550 g/mol. The standard InChI is InChI=1S/C23H26N4O12/c1-11(28)35-10-18(36-12(2)29)20(38-14(4)31)19(37-13(3)30)17(39-23(33)34)9-24-27-21-22(32)26-16-8-6-5-7-15(16)25-21/h5-9,17-20H,10H2,1-4H3,(H,25,27)(H,26,32)(H,33,34)/b24-9+. The monoisotopic (exact) mass is 550 g/mol. The van der Waals surface area contributed by atoms with Gasteiger partial charge in [0.15, 0.2) is 24.4 Å². The van der Waals surface area contributed by atoms with E-state index in [1.807, 2.05) is 0 Å². The SMILES string of the molecule is CC(=O)OCC(OC(C)=O)C(OC(C)=O)C(OC(C)=O)C(/C=N/Nc1nc2ccccc2[nH]c1=O)OC(=O)O. The molecule has 4 unspecified atom stereocenters. The van der Waals surface area contributed by atoms with Crippen molar-refractivity contribution in [2.24, 2.45) is 5.10 Å². The van der Waals surface area contributed by atoms with Crippen LogP contribution in [0.15, 0.2) is 34.2 Å². The molecule has 0 radical (unpaired) electrons. The van der Waals surface area contributed by atoms with E-state index in [0.29, 0.717) is 11.0 Å². The highest BCUT2D eigenvalue weighted by molar-refractivity contribution is 5.76. The first-order valence-electron chi connectivity index (χ1n) is 11.2. The lowest BCUT2D eigenvalue weighted by atomic mass is 10.0. The van der Waals surface area contributed by atoms with Crippen molar-refractivity contribution in [1.29, 1.82) is 0 Å². The van der Waals surface area contributed by atoms with Gasteiger partial charge in [-0.05, 0) is 12.1 Å². The van der Waals surface area contributed by atoms with E-state index in [4.69, 9.17) is 23.7 Å². The summed E-state index contributed by atoms with van der Waals surface area (Å²) >= 11 is 0. The molecule has 0 aliphatic heterocycles. The summed E-state index contributed by atoms with van der Waals surface area (Å²) in [5, 5.41) is 13.1. The maximum absolute atomic E-state index is 12.3. The van der Waals surface area contributed by atoms with Crippen LogP contribution in [0.4, 0.5) is 10.6 Å². The fraction of sp³-hybridized carbons (Fsp3) is 0.391. The number of aromatic amines is 1. The number of nitrogens with zero attached hydrogens (tertiary/aromatic N) is 2. The summed E-state index contributed by atoms with van der Waals surface area (Å²) in [6, 6.07) is 6.63. The van der Waals surface area contributed by atoms with Crippen LogP contribution >= 0.6 is 0 Å². The molecule has 0 aliphatic rings. The number of carbonyl (C=O) groups excluding carboxylic acids is 4. The third-order valence-corrected chi connectivity index (χ3v) is 4.61. The molecular weight excluding hydrogens is 524 g/mol. The van der Waals surface area contributed by atoms with Gasteiger partial charge < -0.3 is 33.8 Å². The first-order chi connectivity index (χ1) is 18.4. The minimum absolute atomic E-state index is 0.271. The summed E-state index contributed by atoms with van der Waals surface area (Å²) in [5.41, 5.74) is 2.54. The van der Waals surface area contributed by atoms with Crippen molar-refractivity contribution in [1.82, 2.24) is 9.97 Å². The molecule has 4 atom stereocenters. The Morgan fingerprint density at radius 3 is 2.15 bits per heavy atom. The Balaban J connectivity index is 2.49. The largest absolute Gasteiger partial charge is 0.506 e. The van der Waals surface area contributed by atoms with Crippen molar-refractivity contribution in [3.63, 3.8) is 0 Å². The Kier molecular flexibility index (Phi) is 10.9. The number of carboxylic acid groups (broad SMARTS) is 1. The van der Waals surface area contributed by atoms with Crippen molar-refractivity contribution in [3.05, 3.63) is 34.6 Å². The average Bonchev–Trinajstić information content (AvgIpc) is 2.82. The first-order valence-corrected chi connectivity index (χ1v) is 11.2. The van der Waals surface area contributed by atoms with Crippen LogP contribution in [0.25, 0.3) is 11.0 Å². The van der Waals surface area contributed by atoms with E-state index < -0.39 is 66.6 Å². The zero-order chi connectivity index (χ0) is 29.1. The van der Waals surface area contributed by atoms with Gasteiger partial charge in [-0.2, -0.15) is 5.10 Å². The second-order valence-electron chi connectivity index (χ2n) is 7.77. The molecule has 39 heavy (non-hydrogen) atoms. The molecule has 3 N–H and O–H groups in total. The molecular formula is C23H26N4O12. The van der Waals surface area contributed by atoms with E-state index in [1.54, 1.807) is 24.3 Å². The van der Waals surface area contributed by atoms with Gasteiger partial charge in [0.25, 0.3) is 5.56 Å². The van der Waals surface area contributed by atoms with Gasteiger partial charge in [0.2, 0.25) is 5.82 Å². The molecule has 0 aliphatic carbocycles. The molecule has 1 aromatic carbocycles. The van der Waals surface area contributed by atoms with Crippen molar-refractivity contribution in [2.45, 2.75) is 52.1 Å². The van der Waals surface area contributed by atoms with Gasteiger partial charge in [-0.1, -0.05) is 12.1 Å². The normalized spacial score (nSPS) is 13.9. The number of ether oxygens (including phenoxy) is 5. The van der Waals surface area contributed by atoms with Gasteiger partial charge in [-0.25, -0.2) is 9.78 Å². The summed E-state index contributed by atoms with van der Waals surface area (Å²) in [6.07, 6.45) is -7.98. The number of esters is 4. The van der Waals surface area contributed by atoms with E-state index in [2.05, 4.69) is 20.5 Å². The number of benzene rings is 1. The number of aromatic nitrogens is 2. The smallest absolute Gasteiger partial charge is 0.462 e. The van der Waals surface area contributed by atoms with Gasteiger partial charge in [0, 0.05) is 27.7 Å². The number of rotatable bonds is 12. The number of hydrogen-bond donors (Lipinski definition) is 3. The van der Waals surface area contributed by atoms with E-state index in [-0.39, 0.29) is 5.82 Å². The lowest BCUT2D eigenvalue weighted by Gasteiger charge is -2.33. The molecule has 16 heteroatoms. The fourth-order valence-corrected chi connectivity index (χ4v) is 3.24. The number of nitrogens with one attached hydrogen (secondary N) is 2. The number of fused-ring (bicyclic) bond motifs is 1. The lowest BCUT2D eigenvalue weighted by Crippen LogP contribution is -2.53. The van der Waals surface area contributed by atoms with Crippen molar-refractivity contribution >= 4 is 53.1 Å². The molecule has 1 aromatic heterocycles. The van der Waals surface area contributed by atoms with Crippen LogP contribution in [-0.4, -0.2) is 82.3 Å².